The van der Waals surface area contributed by atoms with Crippen molar-refractivity contribution >= 4 is 23.3 Å². The molecule has 0 spiro atoms. The maximum absolute atomic E-state index is 13.4. The highest BCUT2D eigenvalue weighted by molar-refractivity contribution is 5.99. The van der Waals surface area contributed by atoms with Crippen molar-refractivity contribution in [2.45, 2.75) is 26.3 Å². The Labute approximate surface area is 242 Å². The Bertz CT molecular complexity index is 1430. The van der Waals surface area contributed by atoms with Crippen LogP contribution in [0.3, 0.4) is 0 Å². The number of nitro benzene ring substituents is 2. The first kappa shape index (κ1) is 30.3. The van der Waals surface area contributed by atoms with E-state index in [4.69, 9.17) is 9.47 Å². The predicted octanol–water partition coefficient (Wildman–Crippen LogP) is 3.27. The summed E-state index contributed by atoms with van der Waals surface area (Å²) in [6.07, 6.45) is 0. The average Bonchev–Trinajstić information content (AvgIpc) is 2.97. The van der Waals surface area contributed by atoms with Crippen LogP contribution in [0.2, 0.25) is 0 Å². The van der Waals surface area contributed by atoms with Gasteiger partial charge in [0.05, 0.1) is 34.0 Å². The van der Waals surface area contributed by atoms with E-state index in [1.807, 2.05) is 0 Å². The fraction of sp³-hybridized carbons (Fsp3) is 0.379. The number of ether oxygens (including phenoxy) is 2. The lowest BCUT2D eigenvalue weighted by Crippen LogP contribution is -2.47. The maximum Gasteiger partial charge on any atom is 0.336 e. The molecule has 0 radical (unpaired) electrons. The molecular weight excluding hydrogens is 546 g/mol. The van der Waals surface area contributed by atoms with Crippen LogP contribution in [-0.2, 0) is 25.6 Å². The summed E-state index contributed by atoms with van der Waals surface area (Å²) in [5, 5.41) is 25.4. The summed E-state index contributed by atoms with van der Waals surface area (Å²) in [5.41, 5.74) is 2.65. The van der Waals surface area contributed by atoms with Crippen molar-refractivity contribution in [2.75, 3.05) is 46.4 Å². The third-order valence-corrected chi connectivity index (χ3v) is 7.46. The van der Waals surface area contributed by atoms with Crippen molar-refractivity contribution in [3.8, 4) is 0 Å². The molecule has 0 aromatic heterocycles. The Hall–Kier alpha value is -4.62. The Morgan fingerprint density at radius 1 is 0.881 bits per heavy atom. The van der Waals surface area contributed by atoms with Gasteiger partial charge in [0.15, 0.2) is 0 Å². The molecule has 0 amide bonds. The van der Waals surface area contributed by atoms with E-state index >= 15 is 0 Å². The van der Waals surface area contributed by atoms with E-state index < -0.39 is 27.7 Å². The number of carbonyl (C=O) groups is 2. The number of dihydropyridines is 1. The second kappa shape index (κ2) is 13.4. The van der Waals surface area contributed by atoms with E-state index in [-0.39, 0.29) is 29.1 Å². The van der Waals surface area contributed by atoms with Crippen LogP contribution in [0.25, 0.3) is 0 Å². The topological polar surface area (TPSA) is 157 Å². The van der Waals surface area contributed by atoms with E-state index in [1.165, 1.54) is 37.4 Å². The third kappa shape index (κ3) is 6.98. The largest absolute Gasteiger partial charge is 0.466 e. The molecule has 222 valence electrons. The molecule has 1 saturated heterocycles. The van der Waals surface area contributed by atoms with Gasteiger partial charge in [0.2, 0.25) is 0 Å². The SMILES string of the molecule is COC(=O)C1=C(C)NC(C)=C(C(=O)OCCN2CCN(Cc3ccc([N+](=O)[O-])cc3)CC2)C1c1cccc([N+](=O)[O-])c1. The molecule has 2 aliphatic heterocycles. The maximum atomic E-state index is 13.4. The van der Waals surface area contributed by atoms with Crippen molar-refractivity contribution in [3.63, 3.8) is 0 Å². The van der Waals surface area contributed by atoms with Crippen LogP contribution in [0.4, 0.5) is 11.4 Å². The van der Waals surface area contributed by atoms with Crippen LogP contribution in [0.15, 0.2) is 71.1 Å². The van der Waals surface area contributed by atoms with Crippen molar-refractivity contribution < 1.29 is 28.9 Å². The molecule has 1 unspecified atom stereocenters. The predicted molar refractivity (Wildman–Crippen MR) is 152 cm³/mol. The highest BCUT2D eigenvalue weighted by Crippen LogP contribution is 2.40. The highest BCUT2D eigenvalue weighted by Gasteiger charge is 2.38. The molecule has 1 N–H and O–H groups in total. The zero-order chi connectivity index (χ0) is 30.4. The van der Waals surface area contributed by atoms with Crippen molar-refractivity contribution in [1.29, 1.82) is 0 Å². The van der Waals surface area contributed by atoms with Crippen LogP contribution in [0.1, 0.15) is 30.9 Å². The van der Waals surface area contributed by atoms with Crippen LogP contribution in [0, 0.1) is 20.2 Å². The van der Waals surface area contributed by atoms with Gasteiger partial charge in [-0.2, -0.15) is 0 Å². The summed E-state index contributed by atoms with van der Waals surface area (Å²) in [7, 11) is 1.24. The molecule has 2 heterocycles. The number of methoxy groups -OCH3 is 1. The number of nitrogens with one attached hydrogen (secondary N) is 1. The monoisotopic (exact) mass is 579 g/mol. The molecule has 4 rings (SSSR count). The molecular formula is C29H33N5O8. The van der Waals surface area contributed by atoms with Gasteiger partial charge in [0.25, 0.3) is 11.4 Å². The minimum atomic E-state index is -0.908. The summed E-state index contributed by atoms with van der Waals surface area (Å²) in [6, 6.07) is 12.4. The lowest BCUT2D eigenvalue weighted by molar-refractivity contribution is -0.385. The number of piperazine rings is 1. The van der Waals surface area contributed by atoms with Gasteiger partial charge >= 0.3 is 11.9 Å². The minimum Gasteiger partial charge on any atom is -0.466 e. The lowest BCUT2D eigenvalue weighted by atomic mass is 9.80. The molecule has 13 nitrogen and oxygen atoms in total. The average molecular weight is 580 g/mol. The Morgan fingerprint density at radius 2 is 1.48 bits per heavy atom. The number of hydrogen-bond donors (Lipinski definition) is 1. The lowest BCUT2D eigenvalue weighted by Gasteiger charge is -2.34. The summed E-state index contributed by atoms with van der Waals surface area (Å²) >= 11 is 0. The number of esters is 2. The Balaban J connectivity index is 1.38. The van der Waals surface area contributed by atoms with E-state index in [9.17, 15) is 29.8 Å². The van der Waals surface area contributed by atoms with Crippen molar-refractivity contribution in [1.82, 2.24) is 15.1 Å². The molecule has 1 atom stereocenters. The van der Waals surface area contributed by atoms with Gasteiger partial charge in [-0.05, 0) is 25.0 Å². The first-order chi connectivity index (χ1) is 20.1. The van der Waals surface area contributed by atoms with Crippen LogP contribution in [0.5, 0.6) is 0 Å². The molecule has 0 saturated carbocycles. The number of carbonyl (C=O) groups excluding carboxylic acids is 2. The first-order valence-electron chi connectivity index (χ1n) is 13.5. The van der Waals surface area contributed by atoms with E-state index in [2.05, 4.69) is 15.1 Å². The van der Waals surface area contributed by atoms with E-state index in [0.717, 1.165) is 31.7 Å². The number of non-ortho nitro benzene ring substituents is 2. The smallest absolute Gasteiger partial charge is 0.336 e. The van der Waals surface area contributed by atoms with Gasteiger partial charge in [-0.3, -0.25) is 30.0 Å². The van der Waals surface area contributed by atoms with E-state index in [0.29, 0.717) is 30.0 Å². The fourth-order valence-corrected chi connectivity index (χ4v) is 5.29. The molecule has 1 fully saturated rings. The van der Waals surface area contributed by atoms with Crippen LogP contribution in [-0.4, -0.2) is 78.0 Å². The molecule has 2 aromatic carbocycles. The van der Waals surface area contributed by atoms with Crippen molar-refractivity contribution in [2.24, 2.45) is 0 Å². The first-order valence-corrected chi connectivity index (χ1v) is 13.5. The van der Waals surface area contributed by atoms with Crippen molar-refractivity contribution in [3.05, 3.63) is 102 Å². The third-order valence-electron chi connectivity index (χ3n) is 7.46. The van der Waals surface area contributed by atoms with Crippen LogP contribution < -0.4 is 5.32 Å². The zero-order valence-electron chi connectivity index (χ0n) is 23.7. The number of rotatable bonds is 10. The highest BCUT2D eigenvalue weighted by atomic mass is 16.6. The van der Waals surface area contributed by atoms with Gasteiger partial charge < -0.3 is 14.8 Å². The van der Waals surface area contributed by atoms with Gasteiger partial charge in [-0.15, -0.1) is 0 Å². The van der Waals surface area contributed by atoms with E-state index in [1.54, 1.807) is 32.0 Å². The molecule has 0 bridgehead atoms. The molecule has 2 aromatic rings. The summed E-state index contributed by atoms with van der Waals surface area (Å²) in [5.74, 6) is -2.18. The quantitative estimate of drug-likeness (QED) is 0.250. The number of nitrogens with zero attached hydrogens (tertiary/aromatic N) is 4. The number of allylic oxidation sites excluding steroid dienone is 2. The second-order valence-corrected chi connectivity index (χ2v) is 10.2. The van der Waals surface area contributed by atoms with Gasteiger partial charge in [0, 0.05) is 74.9 Å². The fourth-order valence-electron chi connectivity index (χ4n) is 5.29. The number of hydrogen-bond acceptors (Lipinski definition) is 11. The molecule has 42 heavy (non-hydrogen) atoms. The van der Waals surface area contributed by atoms with Gasteiger partial charge in [-0.1, -0.05) is 24.3 Å². The second-order valence-electron chi connectivity index (χ2n) is 10.2. The Morgan fingerprint density at radius 3 is 2.07 bits per heavy atom. The Kier molecular flexibility index (Phi) is 9.65. The standard InChI is InChI=1S/C29H33N5O8/c1-19-25(28(35)41-3)27(22-5-4-6-24(17-22)34(39)40)26(20(2)30-19)29(36)42-16-15-31-11-13-32(14-12-31)18-21-7-9-23(10-8-21)33(37)38/h4-10,17,27,30H,11-16,18H2,1-3H3. The number of benzene rings is 2. The molecule has 13 heteroatoms. The summed E-state index contributed by atoms with van der Waals surface area (Å²) < 4.78 is 10.7. The molecule has 2 aliphatic rings. The summed E-state index contributed by atoms with van der Waals surface area (Å²) in [6.45, 7) is 7.81. The zero-order valence-corrected chi connectivity index (χ0v) is 23.7. The minimum absolute atomic E-state index is 0.0668. The normalized spacial score (nSPS) is 17.9. The van der Waals surface area contributed by atoms with Crippen LogP contribution >= 0.6 is 0 Å². The van der Waals surface area contributed by atoms with Gasteiger partial charge in [-0.25, -0.2) is 9.59 Å². The molecule has 0 aliphatic carbocycles. The number of nitro groups is 2. The van der Waals surface area contributed by atoms with Gasteiger partial charge in [0.1, 0.15) is 6.61 Å². The summed E-state index contributed by atoms with van der Waals surface area (Å²) in [4.78, 5) is 52.0.